The second-order valence-electron chi connectivity index (χ2n) is 3.75. The van der Waals surface area contributed by atoms with Crippen LogP contribution in [0.2, 0.25) is 0 Å². The predicted molar refractivity (Wildman–Crippen MR) is 63.9 cm³/mol. The van der Waals surface area contributed by atoms with Gasteiger partial charge >= 0.3 is 0 Å². The van der Waals surface area contributed by atoms with Crippen molar-refractivity contribution < 1.29 is 0 Å². The smallest absolute Gasteiger partial charge is 0.148 e. The SMILES string of the molecule is CCCn1ncnc1Cn1cc(CCCl)nn1. The van der Waals surface area contributed by atoms with Crippen LogP contribution in [-0.2, 0) is 19.5 Å². The van der Waals surface area contributed by atoms with Crippen LogP contribution in [0.3, 0.4) is 0 Å². The number of aromatic nitrogens is 6. The molecule has 7 heteroatoms. The van der Waals surface area contributed by atoms with E-state index in [0.29, 0.717) is 12.4 Å². The van der Waals surface area contributed by atoms with E-state index in [4.69, 9.17) is 11.6 Å². The molecule has 0 radical (unpaired) electrons. The molecular formula is C10H15ClN6. The third kappa shape index (κ3) is 3.03. The molecule has 2 aromatic heterocycles. The fourth-order valence-corrected chi connectivity index (χ4v) is 1.77. The van der Waals surface area contributed by atoms with Crippen molar-refractivity contribution in [1.82, 2.24) is 29.8 Å². The van der Waals surface area contributed by atoms with Crippen molar-refractivity contribution in [2.45, 2.75) is 32.9 Å². The lowest BCUT2D eigenvalue weighted by Crippen LogP contribution is -2.10. The van der Waals surface area contributed by atoms with E-state index in [0.717, 1.165) is 30.9 Å². The molecule has 0 aliphatic carbocycles. The van der Waals surface area contributed by atoms with Gasteiger partial charge in [0.25, 0.3) is 0 Å². The molecule has 0 aromatic carbocycles. The molecule has 0 aliphatic rings. The zero-order valence-electron chi connectivity index (χ0n) is 9.75. The van der Waals surface area contributed by atoms with Crippen LogP contribution in [0.4, 0.5) is 0 Å². The average Bonchev–Trinajstić information content (AvgIpc) is 2.91. The summed E-state index contributed by atoms with van der Waals surface area (Å²) in [5.41, 5.74) is 0.904. The van der Waals surface area contributed by atoms with E-state index in [1.54, 1.807) is 11.0 Å². The Morgan fingerprint density at radius 3 is 3.06 bits per heavy atom. The number of hydrogen-bond acceptors (Lipinski definition) is 4. The molecule has 2 heterocycles. The molecule has 17 heavy (non-hydrogen) atoms. The Kier molecular flexibility index (Phi) is 4.08. The second-order valence-corrected chi connectivity index (χ2v) is 4.12. The van der Waals surface area contributed by atoms with Crippen molar-refractivity contribution in [2.75, 3.05) is 5.88 Å². The fraction of sp³-hybridized carbons (Fsp3) is 0.600. The van der Waals surface area contributed by atoms with Gasteiger partial charge in [-0.15, -0.1) is 16.7 Å². The first-order chi connectivity index (χ1) is 8.33. The second kappa shape index (κ2) is 5.77. The first-order valence-corrected chi connectivity index (χ1v) is 6.18. The molecule has 0 saturated heterocycles. The van der Waals surface area contributed by atoms with E-state index in [9.17, 15) is 0 Å². The molecule has 0 fully saturated rings. The van der Waals surface area contributed by atoms with E-state index in [2.05, 4.69) is 27.3 Å². The van der Waals surface area contributed by atoms with Crippen molar-refractivity contribution >= 4 is 11.6 Å². The lowest BCUT2D eigenvalue weighted by molar-refractivity contribution is 0.532. The topological polar surface area (TPSA) is 61.4 Å². The minimum atomic E-state index is 0.560. The van der Waals surface area contributed by atoms with Crippen LogP contribution in [0.5, 0.6) is 0 Å². The average molecular weight is 255 g/mol. The fourth-order valence-electron chi connectivity index (χ4n) is 1.58. The van der Waals surface area contributed by atoms with Gasteiger partial charge in [-0.3, -0.25) is 0 Å². The summed E-state index contributed by atoms with van der Waals surface area (Å²) in [6.07, 6.45) is 5.24. The van der Waals surface area contributed by atoms with Gasteiger partial charge in [0.05, 0.1) is 5.69 Å². The van der Waals surface area contributed by atoms with E-state index >= 15 is 0 Å². The van der Waals surface area contributed by atoms with E-state index < -0.39 is 0 Å². The van der Waals surface area contributed by atoms with Crippen LogP contribution in [-0.4, -0.2) is 35.6 Å². The normalized spacial score (nSPS) is 10.9. The molecule has 0 N–H and O–H groups in total. The Morgan fingerprint density at radius 1 is 1.41 bits per heavy atom. The summed E-state index contributed by atoms with van der Waals surface area (Å²) in [7, 11) is 0. The molecule has 0 saturated carbocycles. The number of aryl methyl sites for hydroxylation is 2. The maximum absolute atomic E-state index is 5.65. The van der Waals surface area contributed by atoms with Crippen LogP contribution in [0.25, 0.3) is 0 Å². The predicted octanol–water partition coefficient (Wildman–Crippen LogP) is 1.11. The van der Waals surface area contributed by atoms with Gasteiger partial charge in [0.1, 0.15) is 18.7 Å². The van der Waals surface area contributed by atoms with E-state index in [-0.39, 0.29) is 0 Å². The minimum absolute atomic E-state index is 0.560. The maximum Gasteiger partial charge on any atom is 0.148 e. The summed E-state index contributed by atoms with van der Waals surface area (Å²) in [5.74, 6) is 1.46. The third-order valence-corrected chi connectivity index (χ3v) is 2.56. The highest BCUT2D eigenvalue weighted by molar-refractivity contribution is 6.17. The molecule has 6 nitrogen and oxygen atoms in total. The van der Waals surface area contributed by atoms with Crippen LogP contribution < -0.4 is 0 Å². The molecular weight excluding hydrogens is 240 g/mol. The number of hydrogen-bond donors (Lipinski definition) is 0. The van der Waals surface area contributed by atoms with Crippen molar-refractivity contribution in [3.05, 3.63) is 24.0 Å². The Hall–Kier alpha value is -1.43. The molecule has 0 bridgehead atoms. The van der Waals surface area contributed by atoms with Crippen molar-refractivity contribution in [3.63, 3.8) is 0 Å². The summed E-state index contributed by atoms with van der Waals surface area (Å²) in [5, 5.41) is 12.2. The van der Waals surface area contributed by atoms with Gasteiger partial charge in [-0.2, -0.15) is 5.10 Å². The first-order valence-electron chi connectivity index (χ1n) is 5.65. The minimum Gasteiger partial charge on any atom is -0.248 e. The van der Waals surface area contributed by atoms with Crippen molar-refractivity contribution in [3.8, 4) is 0 Å². The van der Waals surface area contributed by atoms with Crippen LogP contribution >= 0.6 is 11.6 Å². The zero-order chi connectivity index (χ0) is 12.1. The van der Waals surface area contributed by atoms with Crippen LogP contribution in [0.15, 0.2) is 12.5 Å². The van der Waals surface area contributed by atoms with Gasteiger partial charge in [-0.05, 0) is 6.42 Å². The van der Waals surface area contributed by atoms with Gasteiger partial charge in [-0.1, -0.05) is 12.1 Å². The molecule has 0 unspecified atom stereocenters. The number of halogens is 1. The monoisotopic (exact) mass is 254 g/mol. The lowest BCUT2D eigenvalue weighted by Gasteiger charge is -2.03. The summed E-state index contributed by atoms with van der Waals surface area (Å²) in [6.45, 7) is 3.58. The first kappa shape index (κ1) is 12.0. The van der Waals surface area contributed by atoms with E-state index in [1.807, 2.05) is 10.9 Å². The van der Waals surface area contributed by atoms with Gasteiger partial charge in [0.15, 0.2) is 0 Å². The van der Waals surface area contributed by atoms with E-state index in [1.165, 1.54) is 0 Å². The van der Waals surface area contributed by atoms with Gasteiger partial charge in [-0.25, -0.2) is 14.3 Å². The van der Waals surface area contributed by atoms with Crippen LogP contribution in [0.1, 0.15) is 24.9 Å². The zero-order valence-corrected chi connectivity index (χ0v) is 10.5. The molecule has 0 amide bonds. The number of nitrogens with zero attached hydrogens (tertiary/aromatic N) is 6. The van der Waals surface area contributed by atoms with Crippen LogP contribution in [0, 0.1) is 0 Å². The van der Waals surface area contributed by atoms with Crippen molar-refractivity contribution in [2.24, 2.45) is 0 Å². The lowest BCUT2D eigenvalue weighted by atomic mass is 10.4. The highest BCUT2D eigenvalue weighted by Gasteiger charge is 2.06. The molecule has 0 atom stereocenters. The van der Waals surface area contributed by atoms with Gasteiger partial charge in [0.2, 0.25) is 0 Å². The summed E-state index contributed by atoms with van der Waals surface area (Å²) >= 11 is 5.65. The number of rotatable bonds is 6. The number of alkyl halides is 1. The summed E-state index contributed by atoms with van der Waals surface area (Å²) < 4.78 is 3.65. The molecule has 0 aliphatic heterocycles. The largest absolute Gasteiger partial charge is 0.248 e. The molecule has 2 rings (SSSR count). The standard InChI is InChI=1S/C10H15ClN6/c1-2-5-17-10(12-8-13-17)7-16-6-9(3-4-11)14-15-16/h6,8H,2-5,7H2,1H3. The Labute approximate surface area is 105 Å². The third-order valence-electron chi connectivity index (χ3n) is 2.37. The maximum atomic E-state index is 5.65. The Balaban J connectivity index is 2.05. The molecule has 92 valence electrons. The van der Waals surface area contributed by atoms with Crippen molar-refractivity contribution in [1.29, 1.82) is 0 Å². The quantitative estimate of drug-likeness (QED) is 0.725. The summed E-state index contributed by atoms with van der Waals surface area (Å²) in [4.78, 5) is 4.22. The summed E-state index contributed by atoms with van der Waals surface area (Å²) in [6, 6.07) is 0. The van der Waals surface area contributed by atoms with Gasteiger partial charge in [0, 0.05) is 25.0 Å². The molecule has 0 spiro atoms. The highest BCUT2D eigenvalue weighted by atomic mass is 35.5. The Morgan fingerprint density at radius 2 is 2.29 bits per heavy atom. The highest BCUT2D eigenvalue weighted by Crippen LogP contribution is 2.01. The Bertz CT molecular complexity index is 463. The van der Waals surface area contributed by atoms with Gasteiger partial charge < -0.3 is 0 Å². The molecule has 2 aromatic rings.